The maximum absolute atomic E-state index is 9.68. The van der Waals surface area contributed by atoms with E-state index in [1.54, 1.807) is 0 Å². The molecule has 74 valence electrons. The summed E-state index contributed by atoms with van der Waals surface area (Å²) in [5.41, 5.74) is 0.381. The molecule has 2 unspecified atom stereocenters. The quantitative estimate of drug-likeness (QED) is 0.663. The van der Waals surface area contributed by atoms with E-state index >= 15 is 0 Å². The van der Waals surface area contributed by atoms with Crippen LogP contribution < -0.4 is 0 Å². The van der Waals surface area contributed by atoms with E-state index in [-0.39, 0.29) is 10.8 Å². The van der Waals surface area contributed by atoms with Crippen molar-refractivity contribution >= 4 is 9.24 Å². The molecule has 0 spiro atoms. The Morgan fingerprint density at radius 2 is 1.33 bits per heavy atom. The lowest BCUT2D eigenvalue weighted by molar-refractivity contribution is 0.0342. The number of hydrogen-bond acceptors (Lipinski definition) is 1. The lowest BCUT2D eigenvalue weighted by Crippen LogP contribution is -2.35. The molecule has 0 saturated heterocycles. The van der Waals surface area contributed by atoms with Gasteiger partial charge in [-0.3, -0.25) is 0 Å². The molecule has 0 fully saturated rings. The number of hydrogen-bond donors (Lipinski definition) is 1. The summed E-state index contributed by atoms with van der Waals surface area (Å²) >= 11 is 0. The second kappa shape index (κ2) is 3.27. The summed E-state index contributed by atoms with van der Waals surface area (Å²) in [6.07, 6.45) is 0.800. The van der Waals surface area contributed by atoms with Crippen LogP contribution in [0.3, 0.4) is 0 Å². The lowest BCUT2D eigenvalue weighted by atomic mass is 9.66. The molecule has 2 heteroatoms. The standard InChI is InChI=1S/C10H23OP/c1-8(2,3)9(4,5)7-10(6,11)12/h11H,7,12H2,1-6H3. The summed E-state index contributed by atoms with van der Waals surface area (Å²) < 4.78 is 0. The van der Waals surface area contributed by atoms with Gasteiger partial charge in [0.25, 0.3) is 0 Å². The normalized spacial score (nSPS) is 19.0. The summed E-state index contributed by atoms with van der Waals surface area (Å²) in [6.45, 7) is 12.9. The molecular weight excluding hydrogens is 167 g/mol. The van der Waals surface area contributed by atoms with E-state index in [0.717, 1.165) is 6.42 Å². The Hall–Kier alpha value is 0.390. The van der Waals surface area contributed by atoms with Crippen LogP contribution in [0.1, 0.15) is 48.0 Å². The molecule has 0 aliphatic carbocycles. The molecule has 2 atom stereocenters. The molecule has 0 rings (SSSR count). The van der Waals surface area contributed by atoms with Gasteiger partial charge in [0.05, 0.1) is 5.34 Å². The van der Waals surface area contributed by atoms with Crippen molar-refractivity contribution in [1.29, 1.82) is 0 Å². The van der Waals surface area contributed by atoms with Crippen LogP contribution in [0.4, 0.5) is 0 Å². The molecule has 0 amide bonds. The number of aliphatic hydroxyl groups is 1. The average Bonchev–Trinajstić information content (AvgIpc) is 1.52. The molecule has 0 aromatic rings. The van der Waals surface area contributed by atoms with Gasteiger partial charge in [-0.05, 0) is 24.2 Å². The van der Waals surface area contributed by atoms with Gasteiger partial charge in [0.1, 0.15) is 0 Å². The van der Waals surface area contributed by atoms with Crippen molar-refractivity contribution in [1.82, 2.24) is 0 Å². The van der Waals surface area contributed by atoms with Crippen LogP contribution in [0.15, 0.2) is 0 Å². The maximum Gasteiger partial charge on any atom is 0.0756 e. The minimum Gasteiger partial charge on any atom is -0.386 e. The van der Waals surface area contributed by atoms with Crippen LogP contribution in [0.2, 0.25) is 0 Å². The third kappa shape index (κ3) is 3.87. The van der Waals surface area contributed by atoms with Gasteiger partial charge >= 0.3 is 0 Å². The molecule has 0 aromatic carbocycles. The smallest absolute Gasteiger partial charge is 0.0756 e. The molecule has 0 radical (unpaired) electrons. The first-order valence-electron chi connectivity index (χ1n) is 4.47. The van der Waals surface area contributed by atoms with Crippen LogP contribution in [-0.2, 0) is 0 Å². The zero-order valence-electron chi connectivity index (χ0n) is 9.23. The first-order valence-corrected chi connectivity index (χ1v) is 5.05. The van der Waals surface area contributed by atoms with Crippen molar-refractivity contribution in [3.05, 3.63) is 0 Å². The van der Waals surface area contributed by atoms with Gasteiger partial charge in [-0.15, -0.1) is 9.24 Å². The number of rotatable bonds is 2. The monoisotopic (exact) mass is 190 g/mol. The highest BCUT2D eigenvalue weighted by Gasteiger charge is 2.36. The Morgan fingerprint density at radius 1 is 1.00 bits per heavy atom. The highest BCUT2D eigenvalue weighted by molar-refractivity contribution is 7.18. The average molecular weight is 190 g/mol. The SMILES string of the molecule is CC(O)(P)CC(C)(C)C(C)(C)C. The minimum absolute atomic E-state index is 0.151. The van der Waals surface area contributed by atoms with E-state index in [0.29, 0.717) is 0 Å². The summed E-state index contributed by atoms with van der Waals surface area (Å²) in [5.74, 6) is 0. The third-order valence-electron chi connectivity index (χ3n) is 2.83. The van der Waals surface area contributed by atoms with E-state index in [1.807, 2.05) is 6.92 Å². The zero-order valence-corrected chi connectivity index (χ0v) is 10.4. The Balaban J connectivity index is 4.44. The fourth-order valence-corrected chi connectivity index (χ4v) is 1.67. The first-order chi connectivity index (χ1) is 4.96. The van der Waals surface area contributed by atoms with Crippen LogP contribution >= 0.6 is 9.24 Å². The molecule has 1 nitrogen and oxygen atoms in total. The summed E-state index contributed by atoms with van der Waals surface area (Å²) in [5, 5.41) is 9.04. The lowest BCUT2D eigenvalue weighted by Gasteiger charge is -2.42. The van der Waals surface area contributed by atoms with Crippen LogP contribution in [0, 0.1) is 10.8 Å². The molecule has 0 aliphatic rings. The van der Waals surface area contributed by atoms with E-state index in [2.05, 4.69) is 43.9 Å². The molecule has 0 heterocycles. The zero-order chi connectivity index (χ0) is 10.2. The van der Waals surface area contributed by atoms with Gasteiger partial charge < -0.3 is 5.11 Å². The molecule has 0 bridgehead atoms. The molecule has 1 N–H and O–H groups in total. The highest BCUT2D eigenvalue weighted by atomic mass is 31.0. The van der Waals surface area contributed by atoms with Crippen LogP contribution in [0.5, 0.6) is 0 Å². The summed E-state index contributed by atoms with van der Waals surface area (Å²) in [7, 11) is 2.49. The molecular formula is C10H23OP. The first kappa shape index (κ1) is 12.4. The molecule has 12 heavy (non-hydrogen) atoms. The van der Waals surface area contributed by atoms with E-state index in [9.17, 15) is 5.11 Å². The van der Waals surface area contributed by atoms with Crippen LogP contribution in [-0.4, -0.2) is 10.4 Å². The Labute approximate surface area is 79.1 Å². The Morgan fingerprint density at radius 3 is 1.42 bits per heavy atom. The van der Waals surface area contributed by atoms with E-state index < -0.39 is 5.34 Å². The van der Waals surface area contributed by atoms with Crippen molar-refractivity contribution in [2.24, 2.45) is 10.8 Å². The van der Waals surface area contributed by atoms with Gasteiger partial charge in [0, 0.05) is 0 Å². The largest absolute Gasteiger partial charge is 0.386 e. The van der Waals surface area contributed by atoms with Crippen molar-refractivity contribution in [3.8, 4) is 0 Å². The fourth-order valence-electron chi connectivity index (χ4n) is 1.16. The van der Waals surface area contributed by atoms with Crippen molar-refractivity contribution < 1.29 is 5.11 Å². The summed E-state index contributed by atoms with van der Waals surface area (Å²) in [6, 6.07) is 0. The van der Waals surface area contributed by atoms with Gasteiger partial charge in [-0.2, -0.15) is 0 Å². The van der Waals surface area contributed by atoms with Crippen molar-refractivity contribution in [2.45, 2.75) is 53.3 Å². The highest BCUT2D eigenvalue weighted by Crippen LogP contribution is 2.44. The molecule has 0 aromatic heterocycles. The Bertz CT molecular complexity index is 148. The maximum atomic E-state index is 9.68. The minimum atomic E-state index is -0.642. The summed E-state index contributed by atoms with van der Waals surface area (Å²) in [4.78, 5) is 0. The van der Waals surface area contributed by atoms with Gasteiger partial charge in [-0.1, -0.05) is 34.6 Å². The second-order valence-corrected chi connectivity index (χ2v) is 6.91. The predicted molar refractivity (Wildman–Crippen MR) is 58.2 cm³/mol. The van der Waals surface area contributed by atoms with Crippen molar-refractivity contribution in [3.63, 3.8) is 0 Å². The van der Waals surface area contributed by atoms with Crippen molar-refractivity contribution in [2.75, 3.05) is 0 Å². The topological polar surface area (TPSA) is 20.2 Å². The fraction of sp³-hybridized carbons (Fsp3) is 1.00. The van der Waals surface area contributed by atoms with Gasteiger partial charge in [-0.25, -0.2) is 0 Å². The Kier molecular flexibility index (Phi) is 3.38. The van der Waals surface area contributed by atoms with Gasteiger partial charge in [0.15, 0.2) is 0 Å². The van der Waals surface area contributed by atoms with E-state index in [4.69, 9.17) is 0 Å². The molecule has 0 aliphatic heterocycles. The van der Waals surface area contributed by atoms with Gasteiger partial charge in [0.2, 0.25) is 0 Å². The van der Waals surface area contributed by atoms with E-state index in [1.165, 1.54) is 0 Å². The second-order valence-electron chi connectivity index (χ2n) is 5.67. The third-order valence-corrected chi connectivity index (χ3v) is 3.03. The predicted octanol–water partition coefficient (Wildman–Crippen LogP) is 3.03. The van der Waals surface area contributed by atoms with Crippen LogP contribution in [0.25, 0.3) is 0 Å². The molecule has 0 saturated carbocycles.